The van der Waals surface area contributed by atoms with Gasteiger partial charge >= 0.3 is 0 Å². The molecule has 0 aromatic heterocycles. The third kappa shape index (κ3) is 3.48. The van der Waals surface area contributed by atoms with Gasteiger partial charge in [-0.05, 0) is 35.9 Å². The number of halogens is 3. The molecule has 2 N–H and O–H groups in total. The summed E-state index contributed by atoms with van der Waals surface area (Å²) >= 11 is 19.5. The van der Waals surface area contributed by atoms with E-state index < -0.39 is 0 Å². The predicted molar refractivity (Wildman–Crippen MR) is 81.9 cm³/mol. The molecule has 0 heterocycles. The number of hydrogen-bond donors (Lipinski definition) is 1. The van der Waals surface area contributed by atoms with Gasteiger partial charge in [0.2, 0.25) is 0 Å². The zero-order valence-corrected chi connectivity index (χ0v) is 12.4. The minimum Gasteiger partial charge on any atom is -0.398 e. The van der Waals surface area contributed by atoms with Gasteiger partial charge in [0.15, 0.2) is 0 Å². The summed E-state index contributed by atoms with van der Waals surface area (Å²) in [4.78, 5) is 0.943. The second kappa shape index (κ2) is 6.07. The molecule has 0 bridgehead atoms. The van der Waals surface area contributed by atoms with E-state index in [0.29, 0.717) is 20.8 Å². The highest BCUT2D eigenvalue weighted by Gasteiger charge is 2.05. The molecule has 0 aliphatic carbocycles. The summed E-state index contributed by atoms with van der Waals surface area (Å²) in [6.07, 6.45) is 0. The third-order valence-corrected chi connectivity index (χ3v) is 4.40. The Balaban J connectivity index is 2.13. The summed E-state index contributed by atoms with van der Waals surface area (Å²) in [5, 5.41) is 2.00. The molecule has 0 atom stereocenters. The van der Waals surface area contributed by atoms with Gasteiger partial charge in [-0.1, -0.05) is 40.9 Å². The van der Waals surface area contributed by atoms with Crippen LogP contribution in [-0.2, 0) is 5.75 Å². The maximum atomic E-state index is 6.10. The highest BCUT2D eigenvalue weighted by Crippen LogP contribution is 2.33. The molecule has 0 fully saturated rings. The van der Waals surface area contributed by atoms with Crippen LogP contribution in [0.3, 0.4) is 0 Å². The van der Waals surface area contributed by atoms with Crippen molar-refractivity contribution in [2.45, 2.75) is 10.6 Å². The van der Waals surface area contributed by atoms with E-state index in [1.54, 1.807) is 30.0 Å². The minimum atomic E-state index is 0.641. The first-order valence-electron chi connectivity index (χ1n) is 5.18. The van der Waals surface area contributed by atoms with Crippen molar-refractivity contribution in [3.05, 3.63) is 57.0 Å². The Morgan fingerprint density at radius 1 is 0.944 bits per heavy atom. The molecule has 0 aliphatic heterocycles. The monoisotopic (exact) mass is 317 g/mol. The highest BCUT2D eigenvalue weighted by molar-refractivity contribution is 7.98. The molecule has 2 aromatic carbocycles. The van der Waals surface area contributed by atoms with E-state index in [9.17, 15) is 0 Å². The second-order valence-corrected chi connectivity index (χ2v) is 6.00. The van der Waals surface area contributed by atoms with E-state index >= 15 is 0 Å². The summed E-state index contributed by atoms with van der Waals surface area (Å²) in [6, 6.07) is 10.9. The molecule has 0 spiro atoms. The average molecular weight is 319 g/mol. The zero-order chi connectivity index (χ0) is 13.1. The molecule has 5 heteroatoms. The molecule has 1 nitrogen and oxygen atoms in total. The second-order valence-electron chi connectivity index (χ2n) is 3.71. The van der Waals surface area contributed by atoms with Gasteiger partial charge in [0.1, 0.15) is 0 Å². The molecule has 0 aliphatic rings. The molecule has 2 rings (SSSR count). The summed E-state index contributed by atoms with van der Waals surface area (Å²) in [5.74, 6) is 0.725. The van der Waals surface area contributed by atoms with Gasteiger partial charge in [-0.25, -0.2) is 0 Å². The van der Waals surface area contributed by atoms with Gasteiger partial charge in [-0.15, -0.1) is 11.8 Å². The molecule has 0 saturated heterocycles. The first-order chi connectivity index (χ1) is 8.56. The van der Waals surface area contributed by atoms with Crippen LogP contribution in [0.25, 0.3) is 0 Å². The summed E-state index contributed by atoms with van der Waals surface area (Å²) in [5.41, 5.74) is 7.61. The van der Waals surface area contributed by atoms with E-state index in [1.165, 1.54) is 0 Å². The first-order valence-corrected chi connectivity index (χ1v) is 7.30. The lowest BCUT2D eigenvalue weighted by atomic mass is 10.2. The summed E-state index contributed by atoms with van der Waals surface area (Å²) < 4.78 is 0. The summed E-state index contributed by atoms with van der Waals surface area (Å²) in [7, 11) is 0. The number of benzene rings is 2. The average Bonchev–Trinajstić information content (AvgIpc) is 2.32. The molecular formula is C13H10Cl3NS. The van der Waals surface area contributed by atoms with Crippen molar-refractivity contribution in [3.8, 4) is 0 Å². The Bertz CT molecular complexity index is 572. The van der Waals surface area contributed by atoms with Crippen molar-refractivity contribution < 1.29 is 0 Å². The quantitative estimate of drug-likeness (QED) is 0.595. The Hall–Kier alpha value is -0.540. The molecule has 0 saturated carbocycles. The van der Waals surface area contributed by atoms with E-state index in [1.807, 2.05) is 18.2 Å². The lowest BCUT2D eigenvalue weighted by Gasteiger charge is -2.07. The lowest BCUT2D eigenvalue weighted by molar-refractivity contribution is 1.38. The molecule has 0 amide bonds. The van der Waals surface area contributed by atoms with Crippen LogP contribution in [0.2, 0.25) is 15.1 Å². The number of thioether (sulfide) groups is 1. The van der Waals surface area contributed by atoms with Crippen LogP contribution in [0.15, 0.2) is 41.3 Å². The van der Waals surface area contributed by atoms with E-state index in [4.69, 9.17) is 40.5 Å². The molecule has 94 valence electrons. The maximum Gasteiger partial charge on any atom is 0.0543 e. The summed E-state index contributed by atoms with van der Waals surface area (Å²) in [6.45, 7) is 0. The van der Waals surface area contributed by atoms with Gasteiger partial charge in [-0.3, -0.25) is 0 Å². The molecule has 0 radical (unpaired) electrons. The number of rotatable bonds is 3. The standard InChI is InChI=1S/C13H10Cl3NS/c14-9-2-1-8(12(17)5-9)7-18-13-6-10(15)3-4-11(13)16/h1-6H,7,17H2. The number of nitrogen functional groups attached to an aromatic ring is 1. The van der Waals surface area contributed by atoms with Crippen molar-refractivity contribution >= 4 is 52.3 Å². The third-order valence-electron chi connectivity index (χ3n) is 2.38. The van der Waals surface area contributed by atoms with Crippen LogP contribution in [0.5, 0.6) is 0 Å². The van der Waals surface area contributed by atoms with Gasteiger partial charge in [0, 0.05) is 26.4 Å². The number of nitrogens with two attached hydrogens (primary N) is 1. The number of anilines is 1. The van der Waals surface area contributed by atoms with Gasteiger partial charge < -0.3 is 5.73 Å². The van der Waals surface area contributed by atoms with E-state index in [0.717, 1.165) is 16.2 Å². The Morgan fingerprint density at radius 2 is 1.61 bits per heavy atom. The van der Waals surface area contributed by atoms with Crippen LogP contribution >= 0.6 is 46.6 Å². The normalized spacial score (nSPS) is 10.6. The Kier molecular flexibility index (Phi) is 4.68. The van der Waals surface area contributed by atoms with Gasteiger partial charge in [-0.2, -0.15) is 0 Å². The fraction of sp³-hybridized carbons (Fsp3) is 0.0769. The number of hydrogen-bond acceptors (Lipinski definition) is 2. The van der Waals surface area contributed by atoms with Crippen LogP contribution in [-0.4, -0.2) is 0 Å². The molecular weight excluding hydrogens is 309 g/mol. The lowest BCUT2D eigenvalue weighted by Crippen LogP contribution is -1.92. The van der Waals surface area contributed by atoms with Gasteiger partial charge in [0.25, 0.3) is 0 Å². The maximum absolute atomic E-state index is 6.10. The molecule has 2 aromatic rings. The predicted octanol–water partition coefficient (Wildman–Crippen LogP) is 5.52. The van der Waals surface area contributed by atoms with Crippen LogP contribution in [0, 0.1) is 0 Å². The topological polar surface area (TPSA) is 26.0 Å². The zero-order valence-electron chi connectivity index (χ0n) is 9.29. The first kappa shape index (κ1) is 13.9. The fourth-order valence-electron chi connectivity index (χ4n) is 1.44. The van der Waals surface area contributed by atoms with Crippen molar-refractivity contribution in [2.75, 3.05) is 5.73 Å². The van der Waals surface area contributed by atoms with Crippen LogP contribution in [0.1, 0.15) is 5.56 Å². The van der Waals surface area contributed by atoms with E-state index in [-0.39, 0.29) is 0 Å². The van der Waals surface area contributed by atoms with E-state index in [2.05, 4.69) is 0 Å². The Labute approximate surface area is 125 Å². The SMILES string of the molecule is Nc1cc(Cl)ccc1CSc1cc(Cl)ccc1Cl. The van der Waals surface area contributed by atoms with Crippen molar-refractivity contribution in [1.29, 1.82) is 0 Å². The van der Waals surface area contributed by atoms with Crippen molar-refractivity contribution in [1.82, 2.24) is 0 Å². The fourth-order valence-corrected chi connectivity index (χ4v) is 3.13. The highest BCUT2D eigenvalue weighted by atomic mass is 35.5. The van der Waals surface area contributed by atoms with Crippen molar-refractivity contribution in [2.24, 2.45) is 0 Å². The van der Waals surface area contributed by atoms with Crippen molar-refractivity contribution in [3.63, 3.8) is 0 Å². The smallest absolute Gasteiger partial charge is 0.0543 e. The Morgan fingerprint density at radius 3 is 2.33 bits per heavy atom. The largest absolute Gasteiger partial charge is 0.398 e. The van der Waals surface area contributed by atoms with Crippen LogP contribution in [0.4, 0.5) is 5.69 Å². The van der Waals surface area contributed by atoms with Crippen LogP contribution < -0.4 is 5.73 Å². The molecule has 18 heavy (non-hydrogen) atoms. The molecule has 0 unspecified atom stereocenters. The minimum absolute atomic E-state index is 0.641. The van der Waals surface area contributed by atoms with Gasteiger partial charge in [0.05, 0.1) is 5.02 Å².